The first-order valence-corrected chi connectivity index (χ1v) is 8.05. The Balaban J connectivity index is 1.49. The minimum atomic E-state index is -0.0830. The number of ether oxygens (including phenoxy) is 2. The molecule has 0 unspecified atom stereocenters. The van der Waals surface area contributed by atoms with Crippen molar-refractivity contribution >= 4 is 5.91 Å². The van der Waals surface area contributed by atoms with Gasteiger partial charge in [0.05, 0.1) is 6.61 Å². The number of hydrogen-bond donors (Lipinski definition) is 1. The smallest absolute Gasteiger partial charge is 0.228 e. The lowest BCUT2D eigenvalue weighted by molar-refractivity contribution is -0.125. The molecule has 0 radical (unpaired) electrons. The standard InChI is InChI=1S/C17H21N3O4/c1-22-11-15-19-16(24-20-15)6-8-18-17(21)13-7-9-23-14-5-3-2-4-12(14)10-13/h2-5,13H,6-11H2,1H3,(H,18,21)/t13-/m0/s1. The molecule has 1 aromatic heterocycles. The van der Waals surface area contributed by atoms with Crippen LogP contribution in [0.2, 0.25) is 0 Å². The third kappa shape index (κ3) is 4.11. The molecule has 1 aliphatic rings. The molecule has 1 aliphatic heterocycles. The van der Waals surface area contributed by atoms with E-state index in [9.17, 15) is 4.79 Å². The lowest BCUT2D eigenvalue weighted by atomic mass is 9.96. The highest BCUT2D eigenvalue weighted by molar-refractivity contribution is 5.79. The second kappa shape index (κ2) is 7.92. The van der Waals surface area contributed by atoms with Gasteiger partial charge in [-0.1, -0.05) is 23.4 Å². The highest BCUT2D eigenvalue weighted by Crippen LogP contribution is 2.26. The molecule has 0 saturated heterocycles. The molecule has 3 rings (SSSR count). The minimum Gasteiger partial charge on any atom is -0.493 e. The van der Waals surface area contributed by atoms with Gasteiger partial charge in [0.1, 0.15) is 12.4 Å². The molecule has 2 aromatic rings. The lowest BCUT2D eigenvalue weighted by Crippen LogP contribution is -2.33. The number of hydrogen-bond acceptors (Lipinski definition) is 6. The third-order valence-electron chi connectivity index (χ3n) is 3.96. The number of carbonyl (C=O) groups excluding carboxylic acids is 1. The molecule has 1 aromatic carbocycles. The fourth-order valence-corrected chi connectivity index (χ4v) is 2.73. The van der Waals surface area contributed by atoms with Crippen molar-refractivity contribution in [1.82, 2.24) is 15.5 Å². The summed E-state index contributed by atoms with van der Waals surface area (Å²) in [5, 5.41) is 6.74. The predicted molar refractivity (Wildman–Crippen MR) is 85.5 cm³/mol. The van der Waals surface area contributed by atoms with E-state index in [-0.39, 0.29) is 11.8 Å². The first-order chi connectivity index (χ1) is 11.8. The first-order valence-electron chi connectivity index (χ1n) is 8.05. The average Bonchev–Trinajstić information content (AvgIpc) is 2.91. The van der Waals surface area contributed by atoms with Crippen molar-refractivity contribution in [3.63, 3.8) is 0 Å². The van der Waals surface area contributed by atoms with Crippen LogP contribution in [0.1, 0.15) is 23.7 Å². The number of rotatable bonds is 6. The van der Waals surface area contributed by atoms with Crippen LogP contribution in [0.4, 0.5) is 0 Å². The molecule has 0 spiro atoms. The Labute approximate surface area is 140 Å². The monoisotopic (exact) mass is 331 g/mol. The van der Waals surface area contributed by atoms with E-state index in [1.165, 1.54) is 0 Å². The zero-order valence-corrected chi connectivity index (χ0v) is 13.7. The minimum absolute atomic E-state index is 0.0342. The van der Waals surface area contributed by atoms with Crippen molar-refractivity contribution in [2.75, 3.05) is 20.3 Å². The maximum atomic E-state index is 12.4. The third-order valence-corrected chi connectivity index (χ3v) is 3.96. The van der Waals surface area contributed by atoms with Gasteiger partial charge in [-0.15, -0.1) is 0 Å². The zero-order chi connectivity index (χ0) is 16.8. The maximum absolute atomic E-state index is 12.4. The molecule has 7 heteroatoms. The summed E-state index contributed by atoms with van der Waals surface area (Å²) in [5.74, 6) is 1.84. The number of para-hydroxylation sites is 1. The Morgan fingerprint density at radius 3 is 3.17 bits per heavy atom. The highest BCUT2D eigenvalue weighted by atomic mass is 16.5. The van der Waals surface area contributed by atoms with E-state index in [2.05, 4.69) is 15.5 Å². The second-order valence-corrected chi connectivity index (χ2v) is 5.72. The van der Waals surface area contributed by atoms with Crippen molar-refractivity contribution in [3.8, 4) is 5.75 Å². The summed E-state index contributed by atoms with van der Waals surface area (Å²) in [7, 11) is 1.57. The van der Waals surface area contributed by atoms with Gasteiger partial charge >= 0.3 is 0 Å². The van der Waals surface area contributed by atoms with Crippen LogP contribution in [-0.4, -0.2) is 36.3 Å². The number of carbonyl (C=O) groups is 1. The van der Waals surface area contributed by atoms with Gasteiger partial charge in [0.2, 0.25) is 11.8 Å². The molecule has 7 nitrogen and oxygen atoms in total. The molecule has 1 N–H and O–H groups in total. The summed E-state index contributed by atoms with van der Waals surface area (Å²) in [5.41, 5.74) is 1.08. The normalized spacial score (nSPS) is 16.8. The Hall–Kier alpha value is -2.41. The number of amides is 1. The largest absolute Gasteiger partial charge is 0.493 e. The summed E-state index contributed by atoms with van der Waals surface area (Å²) in [6.45, 7) is 1.34. The molecule has 1 amide bonds. The maximum Gasteiger partial charge on any atom is 0.228 e. The van der Waals surface area contributed by atoms with E-state index in [0.29, 0.717) is 50.7 Å². The molecular weight excluding hydrogens is 310 g/mol. The number of benzene rings is 1. The molecule has 0 fully saturated rings. The molecular formula is C17H21N3O4. The summed E-state index contributed by atoms with van der Waals surface area (Å²) in [6.07, 6.45) is 1.90. The van der Waals surface area contributed by atoms with Gasteiger partial charge in [0.25, 0.3) is 0 Å². The van der Waals surface area contributed by atoms with Gasteiger partial charge in [-0.25, -0.2) is 0 Å². The quantitative estimate of drug-likeness (QED) is 0.863. The topological polar surface area (TPSA) is 86.5 Å². The van der Waals surface area contributed by atoms with Crippen molar-refractivity contribution in [1.29, 1.82) is 0 Å². The van der Waals surface area contributed by atoms with Crippen molar-refractivity contribution in [2.24, 2.45) is 5.92 Å². The molecule has 0 bridgehead atoms. The van der Waals surface area contributed by atoms with Gasteiger partial charge < -0.3 is 19.3 Å². The number of methoxy groups -OCH3 is 1. The number of aromatic nitrogens is 2. The molecule has 0 aliphatic carbocycles. The summed E-state index contributed by atoms with van der Waals surface area (Å²) in [4.78, 5) is 16.6. The molecule has 2 heterocycles. The van der Waals surface area contributed by atoms with Crippen molar-refractivity contribution < 1.29 is 18.8 Å². The van der Waals surface area contributed by atoms with E-state index in [1.807, 2.05) is 24.3 Å². The first kappa shape index (κ1) is 16.4. The van der Waals surface area contributed by atoms with Gasteiger partial charge in [-0.3, -0.25) is 4.79 Å². The molecule has 128 valence electrons. The number of fused-ring (bicyclic) bond motifs is 1. The fraction of sp³-hybridized carbons (Fsp3) is 0.471. The fourth-order valence-electron chi connectivity index (χ4n) is 2.73. The molecule has 24 heavy (non-hydrogen) atoms. The molecule has 0 saturated carbocycles. The Morgan fingerprint density at radius 2 is 2.29 bits per heavy atom. The average molecular weight is 331 g/mol. The SMILES string of the molecule is COCc1noc(CCNC(=O)[C@H]2CCOc3ccccc3C2)n1. The van der Waals surface area contributed by atoms with Crippen LogP contribution < -0.4 is 10.1 Å². The van der Waals surface area contributed by atoms with E-state index < -0.39 is 0 Å². The second-order valence-electron chi connectivity index (χ2n) is 5.72. The Morgan fingerprint density at radius 1 is 1.42 bits per heavy atom. The summed E-state index contributed by atoms with van der Waals surface area (Å²) < 4.78 is 15.7. The van der Waals surface area contributed by atoms with Gasteiger partial charge in [0.15, 0.2) is 5.82 Å². The number of nitrogens with one attached hydrogen (secondary N) is 1. The number of nitrogens with zero attached hydrogens (tertiary/aromatic N) is 2. The van der Waals surface area contributed by atoms with Crippen molar-refractivity contribution in [3.05, 3.63) is 41.5 Å². The van der Waals surface area contributed by atoms with E-state index in [4.69, 9.17) is 14.0 Å². The predicted octanol–water partition coefficient (Wildman–Crippen LogP) is 1.52. The Kier molecular flexibility index (Phi) is 5.43. The van der Waals surface area contributed by atoms with Gasteiger partial charge in [0, 0.05) is 26.0 Å². The van der Waals surface area contributed by atoms with Crippen LogP contribution in [0.5, 0.6) is 5.75 Å². The van der Waals surface area contributed by atoms with E-state index >= 15 is 0 Å². The van der Waals surface area contributed by atoms with E-state index in [0.717, 1.165) is 11.3 Å². The Bertz CT molecular complexity index is 686. The highest BCUT2D eigenvalue weighted by Gasteiger charge is 2.23. The van der Waals surface area contributed by atoms with Gasteiger partial charge in [-0.05, 0) is 24.5 Å². The van der Waals surface area contributed by atoms with Crippen LogP contribution in [0.3, 0.4) is 0 Å². The molecule has 1 atom stereocenters. The van der Waals surface area contributed by atoms with Crippen LogP contribution in [-0.2, 0) is 29.0 Å². The van der Waals surface area contributed by atoms with Crippen LogP contribution in [0.15, 0.2) is 28.8 Å². The van der Waals surface area contributed by atoms with Crippen LogP contribution in [0.25, 0.3) is 0 Å². The van der Waals surface area contributed by atoms with Gasteiger partial charge in [-0.2, -0.15) is 4.98 Å². The van der Waals surface area contributed by atoms with Crippen LogP contribution >= 0.6 is 0 Å². The summed E-state index contributed by atoms with van der Waals surface area (Å²) in [6, 6.07) is 7.87. The summed E-state index contributed by atoms with van der Waals surface area (Å²) >= 11 is 0. The van der Waals surface area contributed by atoms with Crippen molar-refractivity contribution in [2.45, 2.75) is 25.9 Å². The lowest BCUT2D eigenvalue weighted by Gasteiger charge is -2.13. The van der Waals surface area contributed by atoms with Crippen LogP contribution in [0, 0.1) is 5.92 Å². The van der Waals surface area contributed by atoms with E-state index in [1.54, 1.807) is 7.11 Å². The zero-order valence-electron chi connectivity index (χ0n) is 13.7.